The summed E-state index contributed by atoms with van der Waals surface area (Å²) in [5.41, 5.74) is 0. The summed E-state index contributed by atoms with van der Waals surface area (Å²) < 4.78 is 4.79. The van der Waals surface area contributed by atoms with Gasteiger partial charge in [-0.15, -0.1) is 0 Å². The third kappa shape index (κ3) is 2.53. The molecule has 0 saturated carbocycles. The van der Waals surface area contributed by atoms with Crippen molar-refractivity contribution in [2.24, 2.45) is 0 Å². The van der Waals surface area contributed by atoms with Crippen LogP contribution in [0.3, 0.4) is 0 Å². The number of barbiturate groups is 1. The van der Waals surface area contributed by atoms with Crippen LogP contribution in [-0.4, -0.2) is 43.0 Å². The number of rotatable bonds is 4. The number of nitrogens with zero attached hydrogens (tertiary/aromatic N) is 1. The summed E-state index contributed by atoms with van der Waals surface area (Å²) in [6.07, 6.45) is 0.322. The molecule has 1 rings (SSSR count). The van der Waals surface area contributed by atoms with Crippen molar-refractivity contribution < 1.29 is 19.1 Å². The highest BCUT2D eigenvalue weighted by atomic mass is 16.5. The molecule has 1 aliphatic heterocycles. The van der Waals surface area contributed by atoms with Crippen LogP contribution in [-0.2, 0) is 14.3 Å². The Kier molecular flexibility index (Phi) is 3.58. The SMILES string of the molecule is COCCCN1C(=O)CC(=O)NC1=O. The molecule has 1 aliphatic rings. The minimum atomic E-state index is -0.637. The van der Waals surface area contributed by atoms with Crippen molar-refractivity contribution in [2.75, 3.05) is 20.3 Å². The van der Waals surface area contributed by atoms with E-state index < -0.39 is 17.8 Å². The van der Waals surface area contributed by atoms with Crippen LogP contribution >= 0.6 is 0 Å². The van der Waals surface area contributed by atoms with Gasteiger partial charge in [-0.2, -0.15) is 0 Å². The highest BCUT2D eigenvalue weighted by molar-refractivity contribution is 6.14. The van der Waals surface area contributed by atoms with E-state index in [0.717, 1.165) is 4.90 Å². The number of hydrogen-bond donors (Lipinski definition) is 1. The summed E-state index contributed by atoms with van der Waals surface area (Å²) in [5.74, 6) is -0.988. The van der Waals surface area contributed by atoms with Crippen LogP contribution < -0.4 is 5.32 Å². The second-order valence-electron chi connectivity index (χ2n) is 2.92. The zero-order valence-corrected chi connectivity index (χ0v) is 7.91. The molecule has 0 aromatic heterocycles. The molecule has 1 fully saturated rings. The maximum absolute atomic E-state index is 11.2. The van der Waals surface area contributed by atoms with Gasteiger partial charge in [-0.3, -0.25) is 19.8 Å². The predicted octanol–water partition coefficient (Wildman–Crippen LogP) is -0.509. The first-order chi connectivity index (χ1) is 6.65. The third-order valence-corrected chi connectivity index (χ3v) is 1.83. The van der Waals surface area contributed by atoms with Gasteiger partial charge >= 0.3 is 6.03 Å². The molecule has 1 saturated heterocycles. The summed E-state index contributed by atoms with van der Waals surface area (Å²) in [5, 5.41) is 2.07. The van der Waals surface area contributed by atoms with Gasteiger partial charge in [-0.25, -0.2) is 4.79 Å². The zero-order chi connectivity index (χ0) is 10.6. The molecule has 0 unspecified atom stereocenters. The van der Waals surface area contributed by atoms with Crippen LogP contribution in [0.2, 0.25) is 0 Å². The first-order valence-electron chi connectivity index (χ1n) is 4.28. The number of nitrogens with one attached hydrogen (secondary N) is 1. The number of carbonyl (C=O) groups is 3. The van der Waals surface area contributed by atoms with Gasteiger partial charge in [-0.1, -0.05) is 0 Å². The Morgan fingerprint density at radius 2 is 2.14 bits per heavy atom. The van der Waals surface area contributed by atoms with Crippen molar-refractivity contribution in [1.29, 1.82) is 0 Å². The number of urea groups is 1. The second kappa shape index (κ2) is 4.71. The average molecular weight is 200 g/mol. The van der Waals surface area contributed by atoms with Crippen LogP contribution in [0.4, 0.5) is 4.79 Å². The van der Waals surface area contributed by atoms with Crippen molar-refractivity contribution in [3.63, 3.8) is 0 Å². The molecule has 6 nitrogen and oxygen atoms in total. The van der Waals surface area contributed by atoms with Crippen LogP contribution in [0.1, 0.15) is 12.8 Å². The van der Waals surface area contributed by atoms with Gasteiger partial charge in [0.25, 0.3) is 0 Å². The van der Waals surface area contributed by atoms with Gasteiger partial charge < -0.3 is 4.74 Å². The van der Waals surface area contributed by atoms with E-state index in [1.807, 2.05) is 0 Å². The standard InChI is InChI=1S/C8H12N2O4/c1-14-4-2-3-10-7(12)5-6(11)9-8(10)13/h2-5H2,1H3,(H,9,11,13). The Morgan fingerprint density at radius 1 is 1.43 bits per heavy atom. The number of methoxy groups -OCH3 is 1. The molecule has 0 aliphatic carbocycles. The highest BCUT2D eigenvalue weighted by Crippen LogP contribution is 2.03. The summed E-state index contributed by atoms with van der Waals surface area (Å²) in [4.78, 5) is 34.1. The van der Waals surface area contributed by atoms with Crippen LogP contribution in [0.25, 0.3) is 0 Å². The molecule has 6 heteroatoms. The third-order valence-electron chi connectivity index (χ3n) is 1.83. The van der Waals surface area contributed by atoms with Crippen molar-refractivity contribution in [3.05, 3.63) is 0 Å². The van der Waals surface area contributed by atoms with E-state index in [1.165, 1.54) is 0 Å². The Hall–Kier alpha value is -1.43. The first-order valence-corrected chi connectivity index (χ1v) is 4.28. The summed E-state index contributed by atoms with van der Waals surface area (Å²) in [6.45, 7) is 0.761. The van der Waals surface area contributed by atoms with Gasteiger partial charge in [0, 0.05) is 20.3 Å². The largest absolute Gasteiger partial charge is 0.385 e. The van der Waals surface area contributed by atoms with E-state index in [0.29, 0.717) is 13.0 Å². The van der Waals surface area contributed by atoms with E-state index in [-0.39, 0.29) is 13.0 Å². The van der Waals surface area contributed by atoms with Gasteiger partial charge in [-0.05, 0) is 6.42 Å². The minimum Gasteiger partial charge on any atom is -0.385 e. The Morgan fingerprint density at radius 3 is 2.71 bits per heavy atom. The van der Waals surface area contributed by atoms with Gasteiger partial charge in [0.05, 0.1) is 0 Å². The minimum absolute atomic E-state index is 0.251. The molecule has 0 radical (unpaired) electrons. The van der Waals surface area contributed by atoms with Gasteiger partial charge in [0.15, 0.2) is 0 Å². The Labute approximate surface area is 81.2 Å². The van der Waals surface area contributed by atoms with Crippen LogP contribution in [0.15, 0.2) is 0 Å². The number of imide groups is 2. The van der Waals surface area contributed by atoms with Crippen molar-refractivity contribution in [2.45, 2.75) is 12.8 Å². The molecule has 0 aromatic carbocycles. The molecule has 0 aromatic rings. The molecule has 4 amide bonds. The molecule has 1 N–H and O–H groups in total. The lowest BCUT2D eigenvalue weighted by molar-refractivity contribution is -0.136. The topological polar surface area (TPSA) is 75.7 Å². The highest BCUT2D eigenvalue weighted by Gasteiger charge is 2.29. The van der Waals surface area contributed by atoms with E-state index >= 15 is 0 Å². The number of hydrogen-bond acceptors (Lipinski definition) is 4. The fourth-order valence-electron chi connectivity index (χ4n) is 1.17. The van der Waals surface area contributed by atoms with Crippen LogP contribution in [0.5, 0.6) is 0 Å². The van der Waals surface area contributed by atoms with Gasteiger partial charge in [0.1, 0.15) is 6.42 Å². The lowest BCUT2D eigenvalue weighted by atomic mass is 10.3. The van der Waals surface area contributed by atoms with E-state index in [9.17, 15) is 14.4 Å². The molecular formula is C8H12N2O4. The van der Waals surface area contributed by atoms with Crippen molar-refractivity contribution in [1.82, 2.24) is 10.2 Å². The summed E-state index contributed by atoms with van der Waals surface area (Å²) in [6, 6.07) is -0.637. The predicted molar refractivity (Wildman–Crippen MR) is 46.4 cm³/mol. The number of carbonyl (C=O) groups excluding carboxylic acids is 3. The van der Waals surface area contributed by atoms with Crippen molar-refractivity contribution in [3.8, 4) is 0 Å². The van der Waals surface area contributed by atoms with Gasteiger partial charge in [0.2, 0.25) is 11.8 Å². The lowest BCUT2D eigenvalue weighted by Gasteiger charge is -2.24. The lowest BCUT2D eigenvalue weighted by Crippen LogP contribution is -2.52. The normalized spacial score (nSPS) is 17.2. The summed E-state index contributed by atoms with van der Waals surface area (Å²) >= 11 is 0. The molecular weight excluding hydrogens is 188 g/mol. The average Bonchev–Trinajstić information content (AvgIpc) is 2.09. The fraction of sp³-hybridized carbons (Fsp3) is 0.625. The van der Waals surface area contributed by atoms with Crippen LogP contribution in [0, 0.1) is 0 Å². The van der Waals surface area contributed by atoms with E-state index in [2.05, 4.69) is 5.32 Å². The molecule has 78 valence electrons. The molecule has 1 heterocycles. The zero-order valence-electron chi connectivity index (χ0n) is 7.91. The molecule has 14 heavy (non-hydrogen) atoms. The molecule has 0 atom stereocenters. The number of ether oxygens (including phenoxy) is 1. The first kappa shape index (κ1) is 10.6. The smallest absolute Gasteiger partial charge is 0.330 e. The van der Waals surface area contributed by atoms with Crippen molar-refractivity contribution >= 4 is 17.8 Å². The maximum atomic E-state index is 11.2. The molecule has 0 spiro atoms. The Balaban J connectivity index is 2.46. The molecule has 0 bridgehead atoms. The number of amides is 4. The van der Waals surface area contributed by atoms with E-state index in [4.69, 9.17) is 4.74 Å². The fourth-order valence-corrected chi connectivity index (χ4v) is 1.17. The second-order valence-corrected chi connectivity index (χ2v) is 2.92. The summed E-state index contributed by atoms with van der Waals surface area (Å²) in [7, 11) is 1.54. The maximum Gasteiger partial charge on any atom is 0.330 e. The monoisotopic (exact) mass is 200 g/mol. The Bertz CT molecular complexity index is 244. The quantitative estimate of drug-likeness (QED) is 0.490. The van der Waals surface area contributed by atoms with E-state index in [1.54, 1.807) is 7.11 Å².